The number of carbonyl (C=O) groups is 1. The predicted molar refractivity (Wildman–Crippen MR) is 103 cm³/mol. The summed E-state index contributed by atoms with van der Waals surface area (Å²) in [4.78, 5) is 16.3. The van der Waals surface area contributed by atoms with Gasteiger partial charge in [0.25, 0.3) is 5.91 Å². The van der Waals surface area contributed by atoms with Crippen molar-refractivity contribution >= 4 is 5.91 Å². The quantitative estimate of drug-likeness (QED) is 0.695. The molecule has 2 aromatic rings. The van der Waals surface area contributed by atoms with E-state index in [1.54, 1.807) is 12.0 Å². The predicted octanol–water partition coefficient (Wildman–Crippen LogP) is 2.44. The van der Waals surface area contributed by atoms with E-state index in [0.29, 0.717) is 25.4 Å². The van der Waals surface area contributed by atoms with E-state index < -0.39 is 0 Å². The van der Waals surface area contributed by atoms with Crippen molar-refractivity contribution in [3.05, 3.63) is 54.3 Å². The van der Waals surface area contributed by atoms with E-state index in [1.165, 1.54) is 24.3 Å². The summed E-state index contributed by atoms with van der Waals surface area (Å²) in [7, 11) is 1.62. The van der Waals surface area contributed by atoms with E-state index in [-0.39, 0.29) is 18.3 Å². The standard InChI is InChI=1S/C21H25FN2O4/c1-26-19-4-2-3-5-20(19)27-15-14-23-10-12-24(13-11-23)21(25)16-28-18-8-6-17(22)7-9-18/h2-9H,10-16H2,1H3. The second-order valence-corrected chi connectivity index (χ2v) is 6.46. The SMILES string of the molecule is COc1ccccc1OCCN1CCN(C(=O)COc2ccc(F)cc2)CC1. The van der Waals surface area contributed by atoms with E-state index in [9.17, 15) is 9.18 Å². The smallest absolute Gasteiger partial charge is 0.260 e. The van der Waals surface area contributed by atoms with Gasteiger partial charge < -0.3 is 19.1 Å². The van der Waals surface area contributed by atoms with Gasteiger partial charge >= 0.3 is 0 Å². The first kappa shape index (κ1) is 19.9. The van der Waals surface area contributed by atoms with Crippen molar-refractivity contribution in [1.29, 1.82) is 0 Å². The second-order valence-electron chi connectivity index (χ2n) is 6.46. The molecule has 1 saturated heterocycles. The van der Waals surface area contributed by atoms with E-state index in [0.717, 1.165) is 31.1 Å². The minimum atomic E-state index is -0.329. The molecule has 28 heavy (non-hydrogen) atoms. The minimum Gasteiger partial charge on any atom is -0.493 e. The summed E-state index contributed by atoms with van der Waals surface area (Å²) in [5.41, 5.74) is 0. The van der Waals surface area contributed by atoms with Crippen molar-refractivity contribution < 1.29 is 23.4 Å². The average Bonchev–Trinajstić information content (AvgIpc) is 2.74. The van der Waals surface area contributed by atoms with Crippen LogP contribution in [0.15, 0.2) is 48.5 Å². The molecule has 3 rings (SSSR count). The van der Waals surface area contributed by atoms with E-state index in [4.69, 9.17) is 14.2 Å². The van der Waals surface area contributed by atoms with Crippen molar-refractivity contribution in [3.63, 3.8) is 0 Å². The Morgan fingerprint density at radius 2 is 1.64 bits per heavy atom. The Morgan fingerprint density at radius 3 is 2.32 bits per heavy atom. The number of nitrogens with zero attached hydrogens (tertiary/aromatic N) is 2. The highest BCUT2D eigenvalue weighted by atomic mass is 19.1. The maximum Gasteiger partial charge on any atom is 0.260 e. The molecule has 6 nitrogen and oxygen atoms in total. The molecular weight excluding hydrogens is 363 g/mol. The highest BCUT2D eigenvalue weighted by Gasteiger charge is 2.21. The molecule has 0 unspecified atom stereocenters. The summed E-state index contributed by atoms with van der Waals surface area (Å²) in [6.07, 6.45) is 0. The van der Waals surface area contributed by atoms with Gasteiger partial charge in [0.2, 0.25) is 0 Å². The number of hydrogen-bond donors (Lipinski definition) is 0. The number of piperazine rings is 1. The van der Waals surface area contributed by atoms with Crippen LogP contribution in [0.5, 0.6) is 17.2 Å². The average molecular weight is 388 g/mol. The van der Waals surface area contributed by atoms with Crippen LogP contribution in [0.25, 0.3) is 0 Å². The van der Waals surface area contributed by atoms with Crippen LogP contribution >= 0.6 is 0 Å². The molecule has 1 heterocycles. The van der Waals surface area contributed by atoms with Gasteiger partial charge in [0.15, 0.2) is 18.1 Å². The van der Waals surface area contributed by atoms with Gasteiger partial charge in [-0.05, 0) is 36.4 Å². The molecule has 1 amide bonds. The molecule has 0 radical (unpaired) electrons. The van der Waals surface area contributed by atoms with Gasteiger partial charge in [0, 0.05) is 32.7 Å². The van der Waals surface area contributed by atoms with Crippen molar-refractivity contribution in [2.75, 3.05) is 53.0 Å². The molecule has 1 fully saturated rings. The fourth-order valence-corrected chi connectivity index (χ4v) is 3.01. The first-order valence-electron chi connectivity index (χ1n) is 9.30. The van der Waals surface area contributed by atoms with Crippen LogP contribution < -0.4 is 14.2 Å². The van der Waals surface area contributed by atoms with Gasteiger partial charge in [-0.25, -0.2) is 4.39 Å². The number of methoxy groups -OCH3 is 1. The molecule has 7 heteroatoms. The van der Waals surface area contributed by atoms with Crippen LogP contribution in [0.3, 0.4) is 0 Å². The third-order valence-corrected chi connectivity index (χ3v) is 4.64. The lowest BCUT2D eigenvalue weighted by Crippen LogP contribution is -2.50. The minimum absolute atomic E-state index is 0.0391. The Bertz CT molecular complexity index is 761. The van der Waals surface area contributed by atoms with Gasteiger partial charge in [-0.15, -0.1) is 0 Å². The largest absolute Gasteiger partial charge is 0.493 e. The summed E-state index contributed by atoms with van der Waals surface area (Å²) < 4.78 is 29.4. The zero-order valence-electron chi connectivity index (χ0n) is 16.0. The van der Waals surface area contributed by atoms with Gasteiger partial charge in [0.1, 0.15) is 18.2 Å². The normalized spacial score (nSPS) is 14.6. The maximum atomic E-state index is 12.9. The molecule has 0 spiro atoms. The lowest BCUT2D eigenvalue weighted by molar-refractivity contribution is -0.135. The number of benzene rings is 2. The van der Waals surface area contributed by atoms with Gasteiger partial charge in [0.05, 0.1) is 7.11 Å². The van der Waals surface area contributed by atoms with Crippen LogP contribution in [0, 0.1) is 5.82 Å². The summed E-state index contributed by atoms with van der Waals surface area (Å²) in [5.74, 6) is 1.55. The zero-order chi connectivity index (χ0) is 19.8. The van der Waals surface area contributed by atoms with Crippen LogP contribution in [0.4, 0.5) is 4.39 Å². The third kappa shape index (κ3) is 5.60. The molecule has 0 saturated carbocycles. The molecular formula is C21H25FN2O4. The number of rotatable bonds is 8. The molecule has 0 atom stereocenters. The Labute approximate surface area is 164 Å². The lowest BCUT2D eigenvalue weighted by atomic mass is 10.3. The summed E-state index contributed by atoms with van der Waals surface area (Å²) in [6.45, 7) is 4.19. The number of hydrogen-bond acceptors (Lipinski definition) is 5. The number of amides is 1. The summed E-state index contributed by atoms with van der Waals surface area (Å²) in [5, 5.41) is 0. The first-order chi connectivity index (χ1) is 13.7. The van der Waals surface area contributed by atoms with Crippen molar-refractivity contribution in [1.82, 2.24) is 9.80 Å². The van der Waals surface area contributed by atoms with E-state index >= 15 is 0 Å². The zero-order valence-corrected chi connectivity index (χ0v) is 16.0. The van der Waals surface area contributed by atoms with Crippen molar-refractivity contribution in [2.24, 2.45) is 0 Å². The number of ether oxygens (including phenoxy) is 3. The highest BCUT2D eigenvalue weighted by Crippen LogP contribution is 2.25. The Morgan fingerprint density at radius 1 is 0.964 bits per heavy atom. The number of halogens is 1. The molecule has 150 valence electrons. The fraction of sp³-hybridized carbons (Fsp3) is 0.381. The molecule has 0 bridgehead atoms. The van der Waals surface area contributed by atoms with E-state index in [1.807, 2.05) is 24.3 Å². The Kier molecular flexibility index (Phi) is 7.08. The molecule has 1 aliphatic rings. The third-order valence-electron chi connectivity index (χ3n) is 4.64. The molecule has 0 N–H and O–H groups in total. The maximum absolute atomic E-state index is 12.9. The lowest BCUT2D eigenvalue weighted by Gasteiger charge is -2.34. The van der Waals surface area contributed by atoms with Crippen LogP contribution in [-0.2, 0) is 4.79 Å². The second kappa shape index (κ2) is 9.94. The molecule has 2 aromatic carbocycles. The summed E-state index contributed by atoms with van der Waals surface area (Å²) >= 11 is 0. The molecule has 0 aliphatic carbocycles. The van der Waals surface area contributed by atoms with Gasteiger partial charge in [-0.3, -0.25) is 9.69 Å². The van der Waals surface area contributed by atoms with Gasteiger partial charge in [-0.2, -0.15) is 0 Å². The summed E-state index contributed by atoms with van der Waals surface area (Å²) in [6, 6.07) is 13.2. The molecule has 1 aliphatic heterocycles. The van der Waals surface area contributed by atoms with Crippen LogP contribution in [0.2, 0.25) is 0 Å². The first-order valence-corrected chi connectivity index (χ1v) is 9.30. The number of carbonyl (C=O) groups excluding carboxylic acids is 1. The van der Waals surface area contributed by atoms with E-state index in [2.05, 4.69) is 4.90 Å². The van der Waals surface area contributed by atoms with Crippen molar-refractivity contribution in [3.8, 4) is 17.2 Å². The Hall–Kier alpha value is -2.80. The molecule has 0 aromatic heterocycles. The van der Waals surface area contributed by atoms with Gasteiger partial charge in [-0.1, -0.05) is 12.1 Å². The number of para-hydroxylation sites is 2. The Balaban J connectivity index is 1.35. The topological polar surface area (TPSA) is 51.2 Å². The fourth-order valence-electron chi connectivity index (χ4n) is 3.01. The van der Waals surface area contributed by atoms with Crippen LogP contribution in [-0.4, -0.2) is 68.8 Å². The van der Waals surface area contributed by atoms with Crippen LogP contribution in [0.1, 0.15) is 0 Å². The highest BCUT2D eigenvalue weighted by molar-refractivity contribution is 5.77. The monoisotopic (exact) mass is 388 g/mol. The van der Waals surface area contributed by atoms with Crippen molar-refractivity contribution in [2.45, 2.75) is 0 Å².